The molecule has 116 heavy (non-hydrogen) atoms. The topological polar surface area (TPSA) is 236 Å². The van der Waals surface area contributed by atoms with Crippen LogP contribution >= 0.6 is 34.8 Å². The minimum absolute atomic E-state index is 0.0789. The lowest BCUT2D eigenvalue weighted by Gasteiger charge is -2.40. The molecule has 0 spiro atoms. The molecule has 600 valence electrons. The molecule has 0 saturated carbocycles. The van der Waals surface area contributed by atoms with Gasteiger partial charge in [-0.25, -0.2) is 29.3 Å². The molecule has 16 rings (SSSR count). The number of amides is 4. The van der Waals surface area contributed by atoms with Gasteiger partial charge in [0.15, 0.2) is 0 Å². The van der Waals surface area contributed by atoms with Crippen molar-refractivity contribution in [2.45, 2.75) is 96.5 Å². The van der Waals surface area contributed by atoms with E-state index in [1.165, 1.54) is 0 Å². The summed E-state index contributed by atoms with van der Waals surface area (Å²) >= 11 is 19.7. The number of anilines is 1. The molecule has 1 N–H and O–H groups in total. The Balaban J connectivity index is 0.000000144. The molecule has 9 heterocycles. The lowest BCUT2D eigenvalue weighted by Crippen LogP contribution is -2.51. The van der Waals surface area contributed by atoms with Crippen LogP contribution in [0.4, 0.5) is 20.1 Å². The number of imidazole rings is 3. The Labute approximate surface area is 692 Å². The van der Waals surface area contributed by atoms with Gasteiger partial charge in [0, 0.05) is 165 Å². The summed E-state index contributed by atoms with van der Waals surface area (Å²) < 4.78 is 29.5. The van der Waals surface area contributed by atoms with Crippen LogP contribution < -0.4 is 5.32 Å². The van der Waals surface area contributed by atoms with Gasteiger partial charge in [-0.2, -0.15) is 5.26 Å². The van der Waals surface area contributed by atoms with E-state index in [1.807, 2.05) is 169 Å². The molecule has 2 unspecified atom stereocenters. The molecule has 27 heteroatoms. The fourth-order valence-electron chi connectivity index (χ4n) is 16.1. The number of halogens is 3. The average molecular weight is 1620 g/mol. The molecule has 6 aromatic heterocycles. The number of carbonyl (C=O) groups excluding carboxylic acids is 3. The second kappa shape index (κ2) is 35.3. The number of pyridine rings is 3. The van der Waals surface area contributed by atoms with Crippen LogP contribution in [-0.4, -0.2) is 195 Å². The minimum Gasteiger partial charge on any atom is -0.444 e. The first-order valence-electron chi connectivity index (χ1n) is 38.9. The fraction of sp³-hybridized carbons (Fsp3) is 0.348. The van der Waals surface area contributed by atoms with E-state index < -0.39 is 11.2 Å². The van der Waals surface area contributed by atoms with Crippen LogP contribution in [0.5, 0.6) is 0 Å². The summed E-state index contributed by atoms with van der Waals surface area (Å²) in [5.41, 5.74) is 17.8. The van der Waals surface area contributed by atoms with Crippen molar-refractivity contribution in [3.05, 3.63) is 276 Å². The molecule has 3 aliphatic heterocycles. The molecule has 6 aliphatic rings. The Morgan fingerprint density at radius 1 is 0.517 bits per heavy atom. The van der Waals surface area contributed by atoms with Crippen molar-refractivity contribution in [2.24, 2.45) is 14.1 Å². The first-order chi connectivity index (χ1) is 55.8. The predicted molar refractivity (Wildman–Crippen MR) is 451 cm³/mol. The summed E-state index contributed by atoms with van der Waals surface area (Å²) in [6.45, 7) is 21.6. The Morgan fingerprint density at radius 3 is 1.28 bits per heavy atom. The van der Waals surface area contributed by atoms with Gasteiger partial charge in [-0.1, -0.05) is 71.2 Å². The molecule has 0 radical (unpaired) electrons. The number of hydrogen-bond donors (Lipinski definition) is 1. The van der Waals surface area contributed by atoms with Gasteiger partial charge in [0.1, 0.15) is 29.2 Å². The van der Waals surface area contributed by atoms with Crippen LogP contribution in [0.1, 0.15) is 162 Å². The number of nitriles is 1. The van der Waals surface area contributed by atoms with E-state index in [0.717, 1.165) is 101 Å². The van der Waals surface area contributed by atoms with Gasteiger partial charge in [-0.3, -0.25) is 29.7 Å². The summed E-state index contributed by atoms with van der Waals surface area (Å²) in [5.74, 6) is 0.951. The second-order valence-corrected chi connectivity index (χ2v) is 32.9. The zero-order valence-electron chi connectivity index (χ0n) is 67.1. The Hall–Kier alpha value is -10.9. The van der Waals surface area contributed by atoms with E-state index in [2.05, 4.69) is 106 Å². The molecule has 5 atom stereocenters. The van der Waals surface area contributed by atoms with Gasteiger partial charge in [0.2, 0.25) is 0 Å². The lowest BCUT2D eigenvalue weighted by atomic mass is 9.91. The van der Waals surface area contributed by atoms with Crippen LogP contribution in [0.2, 0.25) is 15.1 Å². The van der Waals surface area contributed by atoms with Crippen molar-refractivity contribution in [3.63, 3.8) is 0 Å². The molecular weight excluding hydrogens is 1530 g/mol. The number of piperazine rings is 3. The van der Waals surface area contributed by atoms with Crippen LogP contribution in [0.3, 0.4) is 0 Å². The van der Waals surface area contributed by atoms with Crippen molar-refractivity contribution in [1.82, 2.24) is 73.0 Å². The SMILES string of the molecule is COC(C1=Cc2cccnc2[C@@H](N2CCN(C(=O)OC(C)(C)C)CC2)c2ccc(Cl)cc21)c1cncn1C.COC(C1=Cc2cccnc2[C@@H](N2CCN(C(=O)OC(C)(C)C)CC2)c2ccc(Cl)cc21)c1cncn1C.Cc1nccn1CC1=Cc2cccnc2[C@@H](N2CCN(C(=O)Nc3ccc(C#N)cc3)CC2)c2ccc(Cl)cc21. The predicted octanol–water partition coefficient (Wildman–Crippen LogP) is 16.3. The van der Waals surface area contributed by atoms with E-state index in [0.29, 0.717) is 111 Å². The van der Waals surface area contributed by atoms with Gasteiger partial charge in [0.25, 0.3) is 0 Å². The Bertz CT molecular complexity index is 5170. The molecule has 24 nitrogen and oxygen atoms in total. The highest BCUT2D eigenvalue weighted by atomic mass is 35.5. The summed E-state index contributed by atoms with van der Waals surface area (Å²) in [5, 5.41) is 14.0. The highest BCUT2D eigenvalue weighted by Crippen LogP contribution is 2.48. The number of benzene rings is 4. The smallest absolute Gasteiger partial charge is 0.410 e. The highest BCUT2D eigenvalue weighted by molar-refractivity contribution is 6.31. The number of nitrogens with one attached hydrogen (secondary N) is 1. The first-order valence-corrected chi connectivity index (χ1v) is 40.0. The maximum absolute atomic E-state index is 13.0. The quantitative estimate of drug-likeness (QED) is 0.120. The van der Waals surface area contributed by atoms with Crippen molar-refractivity contribution in [1.29, 1.82) is 5.26 Å². The van der Waals surface area contributed by atoms with E-state index >= 15 is 0 Å². The summed E-state index contributed by atoms with van der Waals surface area (Å²) in [4.78, 5) is 78.7. The van der Waals surface area contributed by atoms with Gasteiger partial charge in [-0.05, 0) is 212 Å². The van der Waals surface area contributed by atoms with Crippen LogP contribution in [-0.2, 0) is 39.6 Å². The molecule has 4 amide bonds. The second-order valence-electron chi connectivity index (χ2n) is 31.5. The number of nitrogens with zero attached hydrogens (tertiary/aromatic N) is 16. The number of ether oxygens (including phenoxy) is 4. The third-order valence-corrected chi connectivity index (χ3v) is 22.4. The number of allylic oxidation sites excluding steroid dienone is 1. The highest BCUT2D eigenvalue weighted by Gasteiger charge is 2.41. The monoisotopic (exact) mass is 1620 g/mol. The molecule has 3 aliphatic carbocycles. The van der Waals surface area contributed by atoms with Crippen molar-refractivity contribution >= 4 is 93.7 Å². The third kappa shape index (κ3) is 18.2. The summed E-state index contributed by atoms with van der Waals surface area (Å²) in [6, 6.07) is 38.9. The fourth-order valence-corrected chi connectivity index (χ4v) is 16.6. The number of hydrogen-bond acceptors (Lipinski definition) is 17. The van der Waals surface area contributed by atoms with Crippen molar-refractivity contribution < 1.29 is 33.3 Å². The van der Waals surface area contributed by atoms with Crippen LogP contribution in [0.15, 0.2) is 171 Å². The molecule has 3 fully saturated rings. The van der Waals surface area contributed by atoms with Crippen LogP contribution in [0.25, 0.3) is 34.9 Å². The number of aryl methyl sites for hydroxylation is 3. The Morgan fingerprint density at radius 2 is 0.914 bits per heavy atom. The number of methoxy groups -OCH3 is 2. The maximum atomic E-state index is 13.0. The average Bonchev–Trinajstić information content (AvgIpc) is 1.59. The molecule has 4 aromatic carbocycles. The normalized spacial score (nSPS) is 18.1. The van der Waals surface area contributed by atoms with E-state index in [9.17, 15) is 14.4 Å². The maximum Gasteiger partial charge on any atom is 0.410 e. The third-order valence-electron chi connectivity index (χ3n) is 21.7. The summed E-state index contributed by atoms with van der Waals surface area (Å²) in [7, 11) is 7.36. The van der Waals surface area contributed by atoms with E-state index in [4.69, 9.17) is 74.0 Å². The largest absolute Gasteiger partial charge is 0.444 e. The molecule has 3 saturated heterocycles. The van der Waals surface area contributed by atoms with E-state index in [1.54, 1.807) is 60.9 Å². The molecule has 10 aromatic rings. The van der Waals surface area contributed by atoms with Crippen LogP contribution in [0, 0.1) is 18.3 Å². The van der Waals surface area contributed by atoms with Gasteiger partial charge < -0.3 is 52.7 Å². The Kier molecular flexibility index (Phi) is 24.9. The van der Waals surface area contributed by atoms with Gasteiger partial charge >= 0.3 is 18.2 Å². The number of fused-ring (bicyclic) bond motifs is 6. The van der Waals surface area contributed by atoms with Gasteiger partial charge in [0.05, 0.1) is 83.3 Å². The van der Waals surface area contributed by atoms with Crippen molar-refractivity contribution in [2.75, 3.05) is 98.1 Å². The summed E-state index contributed by atoms with van der Waals surface area (Å²) in [6.07, 6.45) is 21.9. The number of urea groups is 1. The first kappa shape index (κ1) is 81.7. The zero-order chi connectivity index (χ0) is 81.7. The van der Waals surface area contributed by atoms with E-state index in [-0.39, 0.29) is 48.6 Å². The zero-order valence-corrected chi connectivity index (χ0v) is 69.4. The minimum atomic E-state index is -0.523. The lowest BCUT2D eigenvalue weighted by molar-refractivity contribution is 0.0109. The molecule has 0 bridgehead atoms. The number of rotatable bonds is 12. The number of aromatic nitrogens is 9. The standard InChI is InChI=1S/C31H28ClN7O.2C29H34ClN5O3/c1-21-34-11-12-39(21)20-24-17-23-3-2-10-35-29(23)30(27-9-6-25(32)18-28(24)27)37-13-15-38(16-14-37)31(40)36-26-7-4-22(19-33)5-8-26;2*1-29(2,3)38-28(36)35-13-11-34(12-14-35)26-21-9-8-20(30)16-22(21)23(15-19-7-6-10-32-25(19)26)27(37-5)24-17-31-18-33(24)4/h2-12,17-18,30H,13-16,20H2,1H3,(H,36,40);2*6-10,15-18,26-27H,11-14H2,1-5H3/t30-;2*26-,27?/m000/s1. The molecular formula is C89H96Cl3N17O7. The van der Waals surface area contributed by atoms with Crippen molar-refractivity contribution in [3.8, 4) is 6.07 Å². The van der Waals surface area contributed by atoms with Gasteiger partial charge in [-0.15, -0.1) is 0 Å². The number of carbonyl (C=O) groups is 3.